The quantitative estimate of drug-likeness (QED) is 0.0958. The van der Waals surface area contributed by atoms with Gasteiger partial charge in [-0.25, -0.2) is 35.8 Å². The maximum Gasteiger partial charge on any atom is 0.212 e. The van der Waals surface area contributed by atoms with Crippen molar-refractivity contribution in [3.63, 3.8) is 0 Å². The molecule has 0 saturated heterocycles. The first kappa shape index (κ1) is 49.0. The summed E-state index contributed by atoms with van der Waals surface area (Å²) in [5, 5.41) is 0. The van der Waals surface area contributed by atoms with Crippen LogP contribution in [0.3, 0.4) is 0 Å². The number of hydrogen-bond acceptors (Lipinski definition) is 0. The highest BCUT2D eigenvalue weighted by Gasteiger charge is 2.19. The average Bonchev–Trinajstić information content (AvgIpc) is 0.735. The van der Waals surface area contributed by atoms with E-state index in [2.05, 4.69) is 86.1 Å². The summed E-state index contributed by atoms with van der Waals surface area (Å²) in [4.78, 5) is 0. The minimum absolute atomic E-state index is 0.209. The van der Waals surface area contributed by atoms with Gasteiger partial charge in [-0.15, -0.1) is 0 Å². The van der Waals surface area contributed by atoms with Gasteiger partial charge in [0, 0.05) is 86.6 Å². The van der Waals surface area contributed by atoms with Crippen molar-refractivity contribution in [3.05, 3.63) is 311 Å². The van der Waals surface area contributed by atoms with Gasteiger partial charge in [0.05, 0.1) is 0 Å². The lowest BCUT2D eigenvalue weighted by Gasteiger charge is -2.10. The molecule has 0 aliphatic carbocycles. The first-order chi connectivity index (χ1) is 48.4. The number of hydrogen-bond donors (Lipinski definition) is 0. The Labute approximate surface area is 548 Å². The molecule has 0 aliphatic heterocycles. The monoisotopic (exact) mass is 1210 g/mol. The number of rotatable bonds is 10. The highest BCUT2D eigenvalue weighted by molar-refractivity contribution is 5.71. The lowest BCUT2D eigenvalue weighted by molar-refractivity contribution is -0.660. The zero-order valence-corrected chi connectivity index (χ0v) is 51.7. The van der Waals surface area contributed by atoms with Crippen molar-refractivity contribution in [1.29, 1.82) is 0 Å². The van der Waals surface area contributed by atoms with Crippen molar-refractivity contribution in [2.24, 2.45) is 28.2 Å². The summed E-state index contributed by atoms with van der Waals surface area (Å²) in [6, 6.07) is 67.5. The van der Waals surface area contributed by atoms with Crippen LogP contribution in [-0.4, -0.2) is 0 Å². The Morgan fingerprint density at radius 2 is 0.678 bits per heavy atom. The number of pyridine rings is 4. The van der Waals surface area contributed by atoms with E-state index in [0.29, 0.717) is 16.7 Å². The van der Waals surface area contributed by atoms with Crippen molar-refractivity contribution in [2.75, 3.05) is 0 Å². The van der Waals surface area contributed by atoms with Crippen molar-refractivity contribution < 1.29 is 53.6 Å². The molecule has 0 spiro atoms. The van der Waals surface area contributed by atoms with Gasteiger partial charge in [0.2, 0.25) is 22.8 Å². The van der Waals surface area contributed by atoms with E-state index in [1.807, 2.05) is 146 Å². The molecule has 0 amide bonds. The normalized spacial score (nSPS) is 13.6. The van der Waals surface area contributed by atoms with Gasteiger partial charge in [0.15, 0.2) is 24.8 Å². The molecule has 4 heterocycles. The highest BCUT2D eigenvalue weighted by Crippen LogP contribution is 2.31. The molecule has 90 heavy (non-hydrogen) atoms. The van der Waals surface area contributed by atoms with Crippen LogP contribution < -0.4 is 18.3 Å². The Bertz CT molecular complexity index is 5020. The first-order valence-electron chi connectivity index (χ1n) is 35.8. The highest BCUT2D eigenvalue weighted by atomic mass is 19.1. The van der Waals surface area contributed by atoms with Crippen LogP contribution in [-0.2, 0) is 34.6 Å². The minimum atomic E-state index is -3.25. The van der Waals surface area contributed by atoms with Gasteiger partial charge >= 0.3 is 0 Å². The average molecular weight is 1210 g/mol. The van der Waals surface area contributed by atoms with E-state index in [0.717, 1.165) is 79.3 Å². The van der Waals surface area contributed by atoms with Crippen LogP contribution in [0, 0.1) is 57.8 Å². The van der Waals surface area contributed by atoms with E-state index in [4.69, 9.17) is 17.8 Å². The molecule has 12 aromatic rings. The number of benzene rings is 8. The summed E-state index contributed by atoms with van der Waals surface area (Å²) in [6.45, 7) is -2.91. The van der Waals surface area contributed by atoms with E-state index in [9.17, 15) is 17.6 Å². The standard InChI is InChI=1S/C22H23FN.C21H21FN.C20H19FN.C19H17FN/c1-15(2)20-13-17(9-11-21(20)23)18-10-12-22(24(4)14-18)19-8-6-5-7-16(19)3;1-4-16-13-17(9-11-20(16)22)18-10-12-21(23(3)14-18)19-8-6-5-7-15(19)2;1-14-6-4-5-7-18(14)20-11-9-17(13-22(20)3)16-8-10-19(21)15(2)12-16;1-14-5-3-4-6-18(14)19-12-9-16(13-21(19)2)15-7-10-17(20)11-8-15/h5-15H,1-4H3;5-14H,4H2,1-3H3;4-13H,1-3H3;3-13H,1-2H3/q4*+1/i1D3,2D3,15D;1D3;2D3;. The molecule has 0 atom stereocenters. The molecule has 0 unspecified atom stereocenters. The smallest absolute Gasteiger partial charge is 0.207 e. The molecular formula is C82H80F4N4+4. The maximum absolute atomic E-state index is 14.6. The third kappa shape index (κ3) is 15.5. The maximum atomic E-state index is 14.6. The first-order valence-corrected chi connectivity index (χ1v) is 29.3. The van der Waals surface area contributed by atoms with Crippen LogP contribution in [0.2, 0.25) is 0 Å². The summed E-state index contributed by atoms with van der Waals surface area (Å²) in [5.74, 6) is -5.52. The molecule has 0 fully saturated rings. The largest absolute Gasteiger partial charge is 0.212 e. The van der Waals surface area contributed by atoms with Gasteiger partial charge in [-0.3, -0.25) is 0 Å². The van der Waals surface area contributed by atoms with Crippen molar-refractivity contribution in [3.8, 4) is 89.5 Å². The molecule has 8 heteroatoms. The van der Waals surface area contributed by atoms with Crippen LogP contribution in [0.4, 0.5) is 17.6 Å². The van der Waals surface area contributed by atoms with Gasteiger partial charge in [0.1, 0.15) is 51.5 Å². The van der Waals surface area contributed by atoms with Crippen molar-refractivity contribution in [2.45, 2.75) is 67.4 Å². The van der Waals surface area contributed by atoms with E-state index in [1.54, 1.807) is 42.6 Å². The predicted molar refractivity (Wildman–Crippen MR) is 361 cm³/mol. The van der Waals surface area contributed by atoms with Gasteiger partial charge in [-0.1, -0.05) is 124 Å². The minimum Gasteiger partial charge on any atom is -0.207 e. The Hall–Kier alpha value is -9.92. The molecule has 8 aromatic carbocycles. The molecule has 4 aromatic heterocycles. The van der Waals surface area contributed by atoms with Gasteiger partial charge < -0.3 is 0 Å². The summed E-state index contributed by atoms with van der Waals surface area (Å²) < 4.78 is 162. The van der Waals surface area contributed by atoms with Gasteiger partial charge in [-0.05, 0) is 205 Å². The number of nitrogens with zero attached hydrogens (tertiary/aromatic N) is 4. The molecule has 0 bridgehead atoms. The fourth-order valence-corrected chi connectivity index (χ4v) is 10.8. The second-order valence-corrected chi connectivity index (χ2v) is 22.2. The number of halogens is 4. The molecule has 0 radical (unpaired) electrons. The summed E-state index contributed by atoms with van der Waals surface area (Å²) >= 11 is 0. The second-order valence-electron chi connectivity index (χ2n) is 22.2. The second kappa shape index (κ2) is 29.4. The Kier molecular flexibility index (Phi) is 16.0. The van der Waals surface area contributed by atoms with Crippen LogP contribution in [0.5, 0.6) is 0 Å². The van der Waals surface area contributed by atoms with Crippen LogP contribution in [0.1, 0.15) is 83.2 Å². The molecule has 0 N–H and O–H groups in total. The topological polar surface area (TPSA) is 15.5 Å². The number of aromatic nitrogens is 4. The fourth-order valence-electron chi connectivity index (χ4n) is 10.8. The predicted octanol–water partition coefficient (Wildman–Crippen LogP) is 19.2. The van der Waals surface area contributed by atoms with Crippen molar-refractivity contribution in [1.82, 2.24) is 0 Å². The van der Waals surface area contributed by atoms with Gasteiger partial charge in [0.25, 0.3) is 0 Å². The number of aryl methyl sites for hydroxylation is 10. The summed E-state index contributed by atoms with van der Waals surface area (Å²) in [6.07, 6.45) is 7.51. The van der Waals surface area contributed by atoms with Crippen LogP contribution in [0.25, 0.3) is 89.5 Å². The molecule has 452 valence electrons. The third-order valence-electron chi connectivity index (χ3n) is 15.8. The van der Waals surface area contributed by atoms with E-state index < -0.39 is 56.3 Å². The Morgan fingerprint density at radius 1 is 0.344 bits per heavy atom. The van der Waals surface area contributed by atoms with Crippen LogP contribution in [0.15, 0.2) is 249 Å². The summed E-state index contributed by atoms with van der Waals surface area (Å²) in [7, 11) is 7.81. The van der Waals surface area contributed by atoms with Crippen LogP contribution >= 0.6 is 0 Å². The third-order valence-corrected chi connectivity index (χ3v) is 15.8. The Morgan fingerprint density at radius 3 is 1.04 bits per heavy atom. The van der Waals surface area contributed by atoms with Gasteiger partial charge in [-0.2, -0.15) is 0 Å². The van der Waals surface area contributed by atoms with Crippen molar-refractivity contribution >= 4 is 0 Å². The summed E-state index contributed by atoms with van der Waals surface area (Å²) in [5.41, 5.74) is 19.2. The fraction of sp³-hybridized carbons (Fsp3) is 0.171. The zero-order chi connectivity index (χ0) is 75.1. The van der Waals surface area contributed by atoms with E-state index in [-0.39, 0.29) is 23.4 Å². The molecule has 12 rings (SSSR count). The SMILES string of the molecule is Cc1ccccc1-c1ccc(-c2ccc(F)cc2)c[n+]1C.[2H]C([2H])([2H])C([2H])(c1cc(-c2ccc(-c3ccccc3C)[n+](C)c2)ccc1F)C([2H])([2H])[2H].[2H]C([2H])([2H])Cc1cc(-c2ccc(-c3ccccc3C)[n+](C)c2)ccc1F.[2H]C([2H])([2H])c1cc(-c2ccc(-c3ccccc3C)[n+](C)c2)ccc1F. The molecular weight excluding hydrogens is 1120 g/mol. The Balaban J connectivity index is 0.000000161. The lowest BCUT2D eigenvalue weighted by atomic mass is 9.97. The molecule has 4 nitrogen and oxygen atoms in total. The lowest BCUT2D eigenvalue weighted by Crippen LogP contribution is -2.30. The molecule has 0 aliphatic rings. The zero-order valence-electron chi connectivity index (χ0n) is 64.7. The van der Waals surface area contributed by atoms with E-state index in [1.165, 1.54) is 64.3 Å². The molecule has 0 saturated carbocycles. The van der Waals surface area contributed by atoms with E-state index >= 15 is 0 Å².